The van der Waals surface area contributed by atoms with Gasteiger partial charge in [0.15, 0.2) is 11.6 Å². The van der Waals surface area contributed by atoms with E-state index in [1.54, 1.807) is 6.07 Å². The number of piperidine rings is 1. The highest BCUT2D eigenvalue weighted by Gasteiger charge is 2.43. The number of halogens is 2. The number of rotatable bonds is 3. The first-order valence-corrected chi connectivity index (χ1v) is 10.2. The number of allylic oxidation sites excluding steroid dienone is 1. The lowest BCUT2D eigenvalue weighted by atomic mass is 9.79. The van der Waals surface area contributed by atoms with E-state index in [4.69, 9.17) is 0 Å². The maximum atomic E-state index is 13.5. The fraction of sp³-hybridized carbons (Fsp3) is 0.591. The minimum absolute atomic E-state index is 0.154. The summed E-state index contributed by atoms with van der Waals surface area (Å²) in [5, 5.41) is 0. The molecule has 3 aliphatic rings. The van der Waals surface area contributed by atoms with Gasteiger partial charge in [-0.2, -0.15) is 0 Å². The van der Waals surface area contributed by atoms with Crippen LogP contribution in [0.5, 0.6) is 0 Å². The van der Waals surface area contributed by atoms with E-state index in [-0.39, 0.29) is 11.3 Å². The minimum Gasteiger partial charge on any atom is -0.338 e. The smallest absolute Gasteiger partial charge is 0.249 e. The van der Waals surface area contributed by atoms with Crippen LogP contribution in [0.3, 0.4) is 0 Å². The molecular formula is C22H28F2N2O. The fourth-order valence-electron chi connectivity index (χ4n) is 5.02. The second-order valence-corrected chi connectivity index (χ2v) is 8.51. The maximum absolute atomic E-state index is 13.5. The first-order valence-electron chi connectivity index (χ1n) is 10.2. The molecule has 1 aromatic carbocycles. The van der Waals surface area contributed by atoms with Crippen molar-refractivity contribution in [1.29, 1.82) is 0 Å². The Morgan fingerprint density at radius 2 is 1.93 bits per heavy atom. The van der Waals surface area contributed by atoms with Crippen molar-refractivity contribution in [2.24, 2.45) is 5.41 Å². The second-order valence-electron chi connectivity index (χ2n) is 8.51. The van der Waals surface area contributed by atoms with Gasteiger partial charge in [-0.25, -0.2) is 8.78 Å². The molecule has 1 aliphatic carbocycles. The summed E-state index contributed by atoms with van der Waals surface area (Å²) < 4.78 is 26.7. The molecule has 0 radical (unpaired) electrons. The number of amides is 1. The number of benzene rings is 1. The fourth-order valence-corrected chi connectivity index (χ4v) is 5.02. The highest BCUT2D eigenvalue weighted by molar-refractivity contribution is 5.93. The van der Waals surface area contributed by atoms with Crippen molar-refractivity contribution in [3.63, 3.8) is 0 Å². The zero-order chi connectivity index (χ0) is 18.9. The van der Waals surface area contributed by atoms with Crippen molar-refractivity contribution >= 4 is 5.91 Å². The normalized spacial score (nSPS) is 26.4. The lowest BCUT2D eigenvalue weighted by Gasteiger charge is -2.40. The highest BCUT2D eigenvalue weighted by Crippen LogP contribution is 2.40. The van der Waals surface area contributed by atoms with Gasteiger partial charge in [0.2, 0.25) is 5.91 Å². The minimum atomic E-state index is -0.796. The van der Waals surface area contributed by atoms with Gasteiger partial charge in [-0.3, -0.25) is 9.69 Å². The van der Waals surface area contributed by atoms with Gasteiger partial charge in [-0.1, -0.05) is 12.1 Å². The van der Waals surface area contributed by atoms with Crippen molar-refractivity contribution in [3.05, 3.63) is 47.0 Å². The average molecular weight is 374 g/mol. The van der Waals surface area contributed by atoms with Crippen LogP contribution in [-0.2, 0) is 11.3 Å². The number of hydrogen-bond donors (Lipinski definition) is 0. The summed E-state index contributed by atoms with van der Waals surface area (Å²) in [6, 6.07) is 4.18. The molecule has 27 heavy (non-hydrogen) atoms. The number of hydrogen-bond acceptors (Lipinski definition) is 2. The van der Waals surface area contributed by atoms with Crippen LogP contribution in [0.25, 0.3) is 0 Å². The van der Waals surface area contributed by atoms with Crippen molar-refractivity contribution < 1.29 is 13.6 Å². The molecule has 0 aromatic heterocycles. The number of carbonyl (C=O) groups excluding carboxylic acids is 1. The van der Waals surface area contributed by atoms with Crippen molar-refractivity contribution in [2.75, 3.05) is 26.2 Å². The Bertz CT molecular complexity index is 748. The molecule has 2 heterocycles. The lowest BCUT2D eigenvalue weighted by Crippen LogP contribution is -2.45. The Morgan fingerprint density at radius 3 is 2.70 bits per heavy atom. The molecule has 4 rings (SSSR count). The summed E-state index contributed by atoms with van der Waals surface area (Å²) in [5.41, 5.74) is 1.97. The highest BCUT2D eigenvalue weighted by atomic mass is 19.2. The summed E-state index contributed by atoms with van der Waals surface area (Å²) in [4.78, 5) is 17.2. The topological polar surface area (TPSA) is 23.6 Å². The van der Waals surface area contributed by atoms with Crippen LogP contribution in [0.2, 0.25) is 0 Å². The van der Waals surface area contributed by atoms with E-state index < -0.39 is 11.6 Å². The van der Waals surface area contributed by atoms with E-state index >= 15 is 0 Å². The molecular weight excluding hydrogens is 346 g/mol. The molecule has 1 unspecified atom stereocenters. The van der Waals surface area contributed by atoms with Crippen LogP contribution >= 0.6 is 0 Å². The van der Waals surface area contributed by atoms with Crippen molar-refractivity contribution in [3.8, 4) is 0 Å². The zero-order valence-corrected chi connectivity index (χ0v) is 15.9. The SMILES string of the molecule is O=C(C1=CCCCC1)N1CCC2(CCCN(Cc3ccc(F)c(F)c3)C2)C1. The molecule has 2 fully saturated rings. The molecule has 146 valence electrons. The summed E-state index contributed by atoms with van der Waals surface area (Å²) in [7, 11) is 0. The molecule has 5 heteroatoms. The molecule has 0 N–H and O–H groups in total. The molecule has 0 saturated carbocycles. The van der Waals surface area contributed by atoms with Crippen LogP contribution in [0.15, 0.2) is 29.8 Å². The van der Waals surface area contributed by atoms with Crippen LogP contribution < -0.4 is 0 Å². The predicted octanol–water partition coefficient (Wildman–Crippen LogP) is 4.28. The molecule has 1 aromatic rings. The molecule has 1 spiro atoms. The number of likely N-dealkylation sites (tertiary alicyclic amines) is 2. The summed E-state index contributed by atoms with van der Waals surface area (Å²) in [6.45, 7) is 4.21. The first kappa shape index (κ1) is 18.6. The standard InChI is InChI=1S/C22H28F2N2O/c23-19-8-7-17(13-20(19)24)14-25-11-4-9-22(15-25)10-12-26(16-22)21(27)18-5-2-1-3-6-18/h5,7-8,13H,1-4,6,9-12,14-16H2. The molecule has 3 nitrogen and oxygen atoms in total. The van der Waals surface area contributed by atoms with E-state index in [0.29, 0.717) is 6.54 Å². The predicted molar refractivity (Wildman–Crippen MR) is 101 cm³/mol. The van der Waals surface area contributed by atoms with Gasteiger partial charge in [-0.05, 0) is 69.2 Å². The van der Waals surface area contributed by atoms with Crippen LogP contribution in [0, 0.1) is 17.0 Å². The molecule has 2 aliphatic heterocycles. The quantitative estimate of drug-likeness (QED) is 0.788. The second kappa shape index (κ2) is 7.70. The van der Waals surface area contributed by atoms with Gasteiger partial charge < -0.3 is 4.90 Å². The van der Waals surface area contributed by atoms with Crippen LogP contribution in [0.4, 0.5) is 8.78 Å². The monoisotopic (exact) mass is 374 g/mol. The summed E-state index contributed by atoms with van der Waals surface area (Å²) >= 11 is 0. The maximum Gasteiger partial charge on any atom is 0.249 e. The van der Waals surface area contributed by atoms with E-state index in [1.807, 2.05) is 0 Å². The Balaban J connectivity index is 1.39. The van der Waals surface area contributed by atoms with Gasteiger partial charge in [0, 0.05) is 37.2 Å². The molecule has 2 saturated heterocycles. The van der Waals surface area contributed by atoms with E-state index in [1.165, 1.54) is 18.6 Å². The van der Waals surface area contributed by atoms with Crippen molar-refractivity contribution in [1.82, 2.24) is 9.80 Å². The van der Waals surface area contributed by atoms with Gasteiger partial charge in [-0.15, -0.1) is 0 Å². The Hall–Kier alpha value is -1.75. The van der Waals surface area contributed by atoms with Crippen LogP contribution in [-0.4, -0.2) is 41.9 Å². The number of carbonyl (C=O) groups is 1. The van der Waals surface area contributed by atoms with E-state index in [2.05, 4.69) is 15.9 Å². The largest absolute Gasteiger partial charge is 0.338 e. The third kappa shape index (κ3) is 4.08. The van der Waals surface area contributed by atoms with Crippen molar-refractivity contribution in [2.45, 2.75) is 51.5 Å². The zero-order valence-electron chi connectivity index (χ0n) is 15.9. The average Bonchev–Trinajstić information content (AvgIpc) is 3.08. The lowest BCUT2D eigenvalue weighted by molar-refractivity contribution is -0.127. The molecule has 1 atom stereocenters. The van der Waals surface area contributed by atoms with Gasteiger partial charge in [0.1, 0.15) is 0 Å². The van der Waals surface area contributed by atoms with Gasteiger partial charge >= 0.3 is 0 Å². The molecule has 1 amide bonds. The van der Waals surface area contributed by atoms with Gasteiger partial charge in [0.25, 0.3) is 0 Å². The van der Waals surface area contributed by atoms with Crippen LogP contribution in [0.1, 0.15) is 50.5 Å². The first-order chi connectivity index (χ1) is 13.0. The van der Waals surface area contributed by atoms with E-state index in [0.717, 1.165) is 75.8 Å². The summed E-state index contributed by atoms with van der Waals surface area (Å²) in [5.74, 6) is -1.34. The summed E-state index contributed by atoms with van der Waals surface area (Å²) in [6.07, 6.45) is 9.68. The molecule has 0 bridgehead atoms. The number of nitrogens with zero attached hydrogens (tertiary/aromatic N) is 2. The third-order valence-electron chi connectivity index (χ3n) is 6.42. The van der Waals surface area contributed by atoms with Gasteiger partial charge in [0.05, 0.1) is 0 Å². The Morgan fingerprint density at radius 1 is 1.04 bits per heavy atom. The van der Waals surface area contributed by atoms with E-state index in [9.17, 15) is 13.6 Å². The Labute approximate surface area is 160 Å². The Kier molecular flexibility index (Phi) is 5.31. The third-order valence-corrected chi connectivity index (χ3v) is 6.42.